The molecule has 1 aliphatic heterocycles. The molecule has 2 N–H and O–H groups in total. The third-order valence-electron chi connectivity index (χ3n) is 5.02. The smallest absolute Gasteiger partial charge is 0.353 e. The molecule has 2 heterocycles. The topological polar surface area (TPSA) is 108 Å². The number of piperazine rings is 1. The van der Waals surface area contributed by atoms with Gasteiger partial charge in [0.25, 0.3) is 0 Å². The van der Waals surface area contributed by atoms with Gasteiger partial charge in [-0.15, -0.1) is 0 Å². The molecule has 0 bridgehead atoms. The van der Waals surface area contributed by atoms with Gasteiger partial charge in [0.05, 0.1) is 11.5 Å². The van der Waals surface area contributed by atoms with Crippen LogP contribution in [0.2, 0.25) is 0 Å². The van der Waals surface area contributed by atoms with Crippen LogP contribution >= 0.6 is 0 Å². The fourth-order valence-corrected chi connectivity index (χ4v) is 3.64. The zero-order valence-corrected chi connectivity index (χ0v) is 14.4. The number of aromatic nitrogens is 2. The lowest BCUT2D eigenvalue weighted by molar-refractivity contribution is -0.383. The number of hydrogen-bond acceptors (Lipinski definition) is 8. The maximum absolute atomic E-state index is 11.7. The standard InChI is InChI=1S/C16H26N6O3/c23-11-10-20-6-8-21(9-7-20)16-14(22(24)25)15(17-12-18-16)19-13-4-2-1-3-5-13/h12-13,23H,1-11H2,(H,17,18,19). The van der Waals surface area contributed by atoms with Gasteiger partial charge in [0.15, 0.2) is 0 Å². The predicted molar refractivity (Wildman–Crippen MR) is 94.9 cm³/mol. The Kier molecular flexibility index (Phi) is 5.98. The minimum Gasteiger partial charge on any atom is -0.395 e. The van der Waals surface area contributed by atoms with Gasteiger partial charge in [0.2, 0.25) is 11.6 Å². The summed E-state index contributed by atoms with van der Waals surface area (Å²) in [6, 6.07) is 0.247. The molecular formula is C16H26N6O3. The SMILES string of the molecule is O=[N+]([O-])c1c(NC2CCCCC2)ncnc1N1CCN(CCO)CC1. The van der Waals surface area contributed by atoms with E-state index in [0.29, 0.717) is 31.3 Å². The molecule has 1 aromatic heterocycles. The molecular weight excluding hydrogens is 324 g/mol. The number of nitrogens with zero attached hydrogens (tertiary/aromatic N) is 5. The second-order valence-corrected chi connectivity index (χ2v) is 6.68. The lowest BCUT2D eigenvalue weighted by Crippen LogP contribution is -2.47. The van der Waals surface area contributed by atoms with E-state index in [2.05, 4.69) is 20.2 Å². The second-order valence-electron chi connectivity index (χ2n) is 6.68. The summed E-state index contributed by atoms with van der Waals surface area (Å²) >= 11 is 0. The molecule has 9 heteroatoms. The molecule has 1 saturated heterocycles. The average Bonchev–Trinajstić information content (AvgIpc) is 2.63. The third-order valence-corrected chi connectivity index (χ3v) is 5.02. The molecule has 0 unspecified atom stereocenters. The molecule has 2 fully saturated rings. The molecule has 138 valence electrons. The van der Waals surface area contributed by atoms with Crippen molar-refractivity contribution in [1.29, 1.82) is 0 Å². The molecule has 2 aliphatic rings. The van der Waals surface area contributed by atoms with Crippen LogP contribution in [0.3, 0.4) is 0 Å². The van der Waals surface area contributed by atoms with Crippen LogP contribution in [0.15, 0.2) is 6.33 Å². The van der Waals surface area contributed by atoms with E-state index < -0.39 is 0 Å². The highest BCUT2D eigenvalue weighted by Crippen LogP contribution is 2.34. The van der Waals surface area contributed by atoms with Crippen molar-refractivity contribution in [2.75, 3.05) is 49.5 Å². The number of hydrogen-bond donors (Lipinski definition) is 2. The Bertz CT molecular complexity index is 585. The first-order valence-corrected chi connectivity index (χ1v) is 9.03. The first-order chi connectivity index (χ1) is 12.2. The van der Waals surface area contributed by atoms with Crippen molar-refractivity contribution in [3.8, 4) is 0 Å². The molecule has 0 amide bonds. The van der Waals surface area contributed by atoms with Gasteiger partial charge < -0.3 is 15.3 Å². The normalized spacial score (nSPS) is 19.8. The predicted octanol–water partition coefficient (Wildman–Crippen LogP) is 1.24. The lowest BCUT2D eigenvalue weighted by atomic mass is 9.95. The van der Waals surface area contributed by atoms with Gasteiger partial charge in [0, 0.05) is 38.8 Å². The Labute approximate surface area is 147 Å². The molecule has 0 spiro atoms. The number of rotatable bonds is 6. The summed E-state index contributed by atoms with van der Waals surface area (Å²) in [6.07, 6.45) is 6.99. The van der Waals surface area contributed by atoms with Crippen LogP contribution in [-0.4, -0.2) is 70.3 Å². The van der Waals surface area contributed by atoms with E-state index in [4.69, 9.17) is 5.11 Å². The van der Waals surface area contributed by atoms with Crippen LogP contribution in [0.1, 0.15) is 32.1 Å². The highest BCUT2D eigenvalue weighted by atomic mass is 16.6. The molecule has 3 rings (SSSR count). The zero-order valence-electron chi connectivity index (χ0n) is 14.4. The third kappa shape index (κ3) is 4.35. The van der Waals surface area contributed by atoms with Gasteiger partial charge in [0.1, 0.15) is 6.33 Å². The monoisotopic (exact) mass is 350 g/mol. The highest BCUT2D eigenvalue weighted by Gasteiger charge is 2.30. The van der Waals surface area contributed by atoms with Crippen LogP contribution in [0.5, 0.6) is 0 Å². The van der Waals surface area contributed by atoms with Crippen molar-refractivity contribution in [2.45, 2.75) is 38.1 Å². The first kappa shape index (κ1) is 17.8. The van der Waals surface area contributed by atoms with Crippen LogP contribution < -0.4 is 10.2 Å². The van der Waals surface area contributed by atoms with E-state index >= 15 is 0 Å². The summed E-state index contributed by atoms with van der Waals surface area (Å²) in [5.74, 6) is 0.724. The van der Waals surface area contributed by atoms with E-state index in [1.54, 1.807) is 0 Å². The highest BCUT2D eigenvalue weighted by molar-refractivity contribution is 5.70. The van der Waals surface area contributed by atoms with Crippen LogP contribution in [0.4, 0.5) is 17.3 Å². The van der Waals surface area contributed by atoms with Crippen LogP contribution in [0.25, 0.3) is 0 Å². The van der Waals surface area contributed by atoms with Crippen molar-refractivity contribution in [3.05, 3.63) is 16.4 Å². The quantitative estimate of drug-likeness (QED) is 0.583. The number of aliphatic hydroxyl groups is 1. The summed E-state index contributed by atoms with van der Waals surface area (Å²) in [5.41, 5.74) is -0.0244. The molecule has 1 aromatic rings. The maximum Gasteiger partial charge on any atom is 0.353 e. The van der Waals surface area contributed by atoms with Gasteiger partial charge in [-0.1, -0.05) is 19.3 Å². The summed E-state index contributed by atoms with van der Waals surface area (Å²) in [5, 5.41) is 24.0. The van der Waals surface area contributed by atoms with Crippen LogP contribution in [0, 0.1) is 10.1 Å². The van der Waals surface area contributed by atoms with Crippen molar-refractivity contribution in [3.63, 3.8) is 0 Å². The van der Waals surface area contributed by atoms with Gasteiger partial charge in [-0.2, -0.15) is 0 Å². The van der Waals surface area contributed by atoms with Crippen molar-refractivity contribution >= 4 is 17.3 Å². The molecule has 0 radical (unpaired) electrons. The van der Waals surface area contributed by atoms with Crippen LogP contribution in [-0.2, 0) is 0 Å². The van der Waals surface area contributed by atoms with Gasteiger partial charge in [-0.05, 0) is 12.8 Å². The van der Waals surface area contributed by atoms with Crippen molar-refractivity contribution < 1.29 is 10.0 Å². The largest absolute Gasteiger partial charge is 0.395 e. The zero-order chi connectivity index (χ0) is 17.6. The summed E-state index contributed by atoms with van der Waals surface area (Å²) < 4.78 is 0. The minimum atomic E-state index is -0.374. The summed E-state index contributed by atoms with van der Waals surface area (Å²) in [4.78, 5) is 23.8. The Morgan fingerprint density at radius 3 is 2.56 bits per heavy atom. The van der Waals surface area contributed by atoms with Gasteiger partial charge in [-0.25, -0.2) is 9.97 Å². The number of aliphatic hydroxyl groups excluding tert-OH is 1. The Hall–Kier alpha value is -2.00. The van der Waals surface area contributed by atoms with Crippen molar-refractivity contribution in [1.82, 2.24) is 14.9 Å². The first-order valence-electron chi connectivity index (χ1n) is 9.03. The number of nitrogens with one attached hydrogen (secondary N) is 1. The molecule has 0 aromatic carbocycles. The fraction of sp³-hybridized carbons (Fsp3) is 0.750. The summed E-state index contributed by atoms with van der Waals surface area (Å²) in [6.45, 7) is 3.58. The lowest BCUT2D eigenvalue weighted by Gasteiger charge is -2.34. The van der Waals surface area contributed by atoms with E-state index in [1.165, 1.54) is 12.7 Å². The number of β-amino-alcohol motifs (C(OH)–C–C–N with tert-alkyl or cyclic N) is 1. The fourth-order valence-electron chi connectivity index (χ4n) is 3.64. The Balaban J connectivity index is 1.77. The number of nitro groups is 1. The molecule has 0 atom stereocenters. The molecule has 25 heavy (non-hydrogen) atoms. The van der Waals surface area contributed by atoms with E-state index in [9.17, 15) is 10.1 Å². The minimum absolute atomic E-state index is 0.0244. The van der Waals surface area contributed by atoms with E-state index in [0.717, 1.165) is 38.8 Å². The maximum atomic E-state index is 11.7. The van der Waals surface area contributed by atoms with E-state index in [-0.39, 0.29) is 23.3 Å². The van der Waals surface area contributed by atoms with Gasteiger partial charge >= 0.3 is 5.69 Å². The molecule has 1 aliphatic carbocycles. The Morgan fingerprint density at radius 1 is 1.20 bits per heavy atom. The average molecular weight is 350 g/mol. The molecule has 9 nitrogen and oxygen atoms in total. The second kappa shape index (κ2) is 8.39. The molecule has 1 saturated carbocycles. The van der Waals surface area contributed by atoms with E-state index in [1.807, 2.05) is 4.90 Å². The van der Waals surface area contributed by atoms with Gasteiger partial charge in [-0.3, -0.25) is 15.0 Å². The Morgan fingerprint density at radius 2 is 1.92 bits per heavy atom. The summed E-state index contributed by atoms with van der Waals surface area (Å²) in [7, 11) is 0. The van der Waals surface area contributed by atoms with Crippen molar-refractivity contribution in [2.24, 2.45) is 0 Å². The number of anilines is 2.